The molecule has 5 nitrogen and oxygen atoms in total. The second-order valence-corrected chi connectivity index (χ2v) is 4.89. The summed E-state index contributed by atoms with van der Waals surface area (Å²) in [6.07, 6.45) is 7.35. The Balaban J connectivity index is 2.12. The fourth-order valence-corrected chi connectivity index (χ4v) is 2.58. The number of likely N-dealkylation sites (tertiary alicyclic amines) is 1. The molecule has 1 N–H and O–H groups in total. The lowest BCUT2D eigenvalue weighted by atomic mass is 10.1. The van der Waals surface area contributed by atoms with Crippen LogP contribution in [0.25, 0.3) is 0 Å². The molecule has 0 radical (unpaired) electrons. The molecular formula is C13H21N3O2. The van der Waals surface area contributed by atoms with E-state index in [0.717, 1.165) is 31.6 Å². The zero-order valence-corrected chi connectivity index (χ0v) is 10.9. The normalized spacial score (nSPS) is 18.1. The smallest absolute Gasteiger partial charge is 0.305 e. The van der Waals surface area contributed by atoms with Gasteiger partial charge < -0.3 is 5.11 Å². The fourth-order valence-electron chi connectivity index (χ4n) is 2.58. The Morgan fingerprint density at radius 3 is 2.83 bits per heavy atom. The Labute approximate surface area is 107 Å². The van der Waals surface area contributed by atoms with Gasteiger partial charge in [0.1, 0.15) is 0 Å². The molecule has 1 saturated heterocycles. The average Bonchev–Trinajstić information content (AvgIpc) is 2.97. The summed E-state index contributed by atoms with van der Waals surface area (Å²) in [6, 6.07) is -0.0180. The molecule has 100 valence electrons. The molecule has 5 heteroatoms. The van der Waals surface area contributed by atoms with Crippen LogP contribution in [0.15, 0.2) is 12.4 Å². The van der Waals surface area contributed by atoms with Gasteiger partial charge in [0.15, 0.2) is 0 Å². The molecule has 1 unspecified atom stereocenters. The summed E-state index contributed by atoms with van der Waals surface area (Å²) in [4.78, 5) is 13.3. The van der Waals surface area contributed by atoms with Gasteiger partial charge >= 0.3 is 5.97 Å². The largest absolute Gasteiger partial charge is 0.481 e. The van der Waals surface area contributed by atoms with Gasteiger partial charge in [-0.15, -0.1) is 0 Å². The minimum Gasteiger partial charge on any atom is -0.481 e. The van der Waals surface area contributed by atoms with Crippen LogP contribution in [0.4, 0.5) is 0 Å². The standard InChI is InChI=1S/C13H21N3O2/c1-2-5-16-10-11(9-14-16)12(8-13(17)18)15-6-3-4-7-15/h9-10,12H,2-8H2,1H3,(H,17,18). The average molecular weight is 251 g/mol. The lowest BCUT2D eigenvalue weighted by Gasteiger charge is -2.25. The number of nitrogens with zero attached hydrogens (tertiary/aromatic N) is 3. The Hall–Kier alpha value is -1.36. The monoisotopic (exact) mass is 251 g/mol. The number of aromatic nitrogens is 2. The minimum absolute atomic E-state index is 0.0180. The van der Waals surface area contributed by atoms with E-state index in [9.17, 15) is 4.79 Å². The van der Waals surface area contributed by atoms with Crippen molar-refractivity contribution in [3.63, 3.8) is 0 Å². The van der Waals surface area contributed by atoms with Crippen molar-refractivity contribution < 1.29 is 9.90 Å². The summed E-state index contributed by atoms with van der Waals surface area (Å²) in [5, 5.41) is 13.4. The number of carboxylic acids is 1. The van der Waals surface area contributed by atoms with E-state index >= 15 is 0 Å². The first-order chi connectivity index (χ1) is 8.70. The predicted molar refractivity (Wildman–Crippen MR) is 68.3 cm³/mol. The third-order valence-electron chi connectivity index (χ3n) is 3.44. The highest BCUT2D eigenvalue weighted by Gasteiger charge is 2.26. The van der Waals surface area contributed by atoms with E-state index in [0.29, 0.717) is 0 Å². The lowest BCUT2D eigenvalue weighted by molar-refractivity contribution is -0.138. The quantitative estimate of drug-likeness (QED) is 0.839. The lowest BCUT2D eigenvalue weighted by Crippen LogP contribution is -2.27. The zero-order chi connectivity index (χ0) is 13.0. The highest BCUT2D eigenvalue weighted by molar-refractivity contribution is 5.67. The Kier molecular flexibility index (Phi) is 4.36. The van der Waals surface area contributed by atoms with Gasteiger partial charge in [0, 0.05) is 24.3 Å². The van der Waals surface area contributed by atoms with Crippen molar-refractivity contribution in [3.05, 3.63) is 18.0 Å². The molecule has 1 atom stereocenters. The third-order valence-corrected chi connectivity index (χ3v) is 3.44. The number of aryl methyl sites for hydroxylation is 1. The Bertz CT molecular complexity index is 397. The maximum Gasteiger partial charge on any atom is 0.305 e. The van der Waals surface area contributed by atoms with E-state index in [1.165, 1.54) is 12.8 Å². The SMILES string of the molecule is CCCn1cc(C(CC(=O)O)N2CCCC2)cn1. The third kappa shape index (κ3) is 3.10. The van der Waals surface area contributed by atoms with Crippen LogP contribution in [-0.4, -0.2) is 38.8 Å². The van der Waals surface area contributed by atoms with E-state index in [2.05, 4.69) is 16.9 Å². The topological polar surface area (TPSA) is 58.4 Å². The van der Waals surface area contributed by atoms with Gasteiger partial charge in [0.25, 0.3) is 0 Å². The van der Waals surface area contributed by atoms with E-state index in [1.54, 1.807) is 0 Å². The van der Waals surface area contributed by atoms with Gasteiger partial charge in [0.2, 0.25) is 0 Å². The molecule has 2 heterocycles. The molecule has 0 amide bonds. The van der Waals surface area contributed by atoms with Gasteiger partial charge in [0.05, 0.1) is 12.6 Å². The number of aliphatic carboxylic acids is 1. The van der Waals surface area contributed by atoms with Gasteiger partial charge in [-0.25, -0.2) is 0 Å². The van der Waals surface area contributed by atoms with E-state index in [4.69, 9.17) is 5.11 Å². The maximum atomic E-state index is 11.0. The van der Waals surface area contributed by atoms with Crippen molar-refractivity contribution in [2.75, 3.05) is 13.1 Å². The van der Waals surface area contributed by atoms with E-state index in [1.807, 2.05) is 17.1 Å². The van der Waals surface area contributed by atoms with Crippen LogP contribution in [0.2, 0.25) is 0 Å². The van der Waals surface area contributed by atoms with Gasteiger partial charge in [-0.3, -0.25) is 14.4 Å². The first kappa shape index (κ1) is 13.1. The molecule has 0 aliphatic carbocycles. The zero-order valence-electron chi connectivity index (χ0n) is 10.9. The predicted octanol–water partition coefficient (Wildman–Crippen LogP) is 1.90. The maximum absolute atomic E-state index is 11.0. The molecule has 0 saturated carbocycles. The van der Waals surface area contributed by atoms with Crippen LogP contribution in [-0.2, 0) is 11.3 Å². The van der Waals surface area contributed by atoms with Gasteiger partial charge in [-0.05, 0) is 32.4 Å². The van der Waals surface area contributed by atoms with Crippen molar-refractivity contribution in [2.24, 2.45) is 0 Å². The number of carbonyl (C=O) groups is 1. The van der Waals surface area contributed by atoms with Crippen molar-refractivity contribution >= 4 is 5.97 Å². The molecule has 1 fully saturated rings. The summed E-state index contributed by atoms with van der Waals surface area (Å²) >= 11 is 0. The summed E-state index contributed by atoms with van der Waals surface area (Å²) < 4.78 is 1.90. The van der Waals surface area contributed by atoms with Crippen molar-refractivity contribution in [3.8, 4) is 0 Å². The van der Waals surface area contributed by atoms with Crippen LogP contribution in [0.3, 0.4) is 0 Å². The van der Waals surface area contributed by atoms with Crippen LogP contribution >= 0.6 is 0 Å². The number of rotatable bonds is 6. The number of hydrogen-bond donors (Lipinski definition) is 1. The molecule has 0 aromatic carbocycles. The van der Waals surface area contributed by atoms with Gasteiger partial charge in [-0.2, -0.15) is 5.10 Å². The van der Waals surface area contributed by atoms with Gasteiger partial charge in [-0.1, -0.05) is 6.92 Å². The summed E-state index contributed by atoms with van der Waals surface area (Å²) in [7, 11) is 0. The summed E-state index contributed by atoms with van der Waals surface area (Å²) in [6.45, 7) is 4.99. The van der Waals surface area contributed by atoms with Crippen LogP contribution < -0.4 is 0 Å². The molecule has 1 aliphatic heterocycles. The Morgan fingerprint density at radius 1 is 1.50 bits per heavy atom. The molecular weight excluding hydrogens is 230 g/mol. The van der Waals surface area contributed by atoms with Crippen LogP contribution in [0, 0.1) is 0 Å². The number of carboxylic acid groups (broad SMARTS) is 1. The van der Waals surface area contributed by atoms with Crippen molar-refractivity contribution in [2.45, 2.75) is 45.2 Å². The highest BCUT2D eigenvalue weighted by Crippen LogP contribution is 2.27. The summed E-state index contributed by atoms with van der Waals surface area (Å²) in [5.41, 5.74) is 1.03. The number of hydrogen-bond acceptors (Lipinski definition) is 3. The van der Waals surface area contributed by atoms with E-state index < -0.39 is 5.97 Å². The van der Waals surface area contributed by atoms with Crippen LogP contribution in [0.5, 0.6) is 0 Å². The molecule has 18 heavy (non-hydrogen) atoms. The first-order valence-electron chi connectivity index (χ1n) is 6.69. The summed E-state index contributed by atoms with van der Waals surface area (Å²) in [5.74, 6) is -0.741. The molecule has 2 rings (SSSR count). The fraction of sp³-hybridized carbons (Fsp3) is 0.692. The van der Waals surface area contributed by atoms with Crippen molar-refractivity contribution in [1.29, 1.82) is 0 Å². The first-order valence-corrected chi connectivity index (χ1v) is 6.69. The van der Waals surface area contributed by atoms with E-state index in [-0.39, 0.29) is 12.5 Å². The molecule has 0 spiro atoms. The molecule has 1 aliphatic rings. The highest BCUT2D eigenvalue weighted by atomic mass is 16.4. The van der Waals surface area contributed by atoms with Crippen LogP contribution in [0.1, 0.15) is 44.2 Å². The second kappa shape index (κ2) is 6.00. The molecule has 1 aromatic heterocycles. The molecule has 1 aromatic rings. The Morgan fingerprint density at radius 2 is 2.22 bits per heavy atom. The second-order valence-electron chi connectivity index (χ2n) is 4.89. The molecule has 0 bridgehead atoms. The van der Waals surface area contributed by atoms with Crippen molar-refractivity contribution in [1.82, 2.24) is 14.7 Å². The minimum atomic E-state index is -0.741.